The molecule has 0 amide bonds. The number of nitrogens with zero attached hydrogens (tertiary/aromatic N) is 7. The summed E-state index contributed by atoms with van der Waals surface area (Å²) in [5.41, 5.74) is 1.24. The van der Waals surface area contributed by atoms with Crippen LogP contribution in [0.15, 0.2) is 10.2 Å². The molecule has 4 heterocycles. The molecule has 0 saturated carbocycles. The molecule has 4 rings (SSSR count). The highest BCUT2D eigenvalue weighted by atomic mass is 32.2. The number of tetrazole rings is 1. The van der Waals surface area contributed by atoms with Crippen molar-refractivity contribution in [1.29, 1.82) is 0 Å². The lowest BCUT2D eigenvalue weighted by atomic mass is 10.2. The molecule has 1 aliphatic heterocycles. The fourth-order valence-corrected chi connectivity index (χ4v) is 5.05. The summed E-state index contributed by atoms with van der Waals surface area (Å²) in [6.07, 6.45) is 0. The van der Waals surface area contributed by atoms with Crippen molar-refractivity contribution in [3.63, 3.8) is 0 Å². The number of rotatable bonds is 5. The Bertz CT molecular complexity index is 917. The molecule has 3 aromatic heterocycles. The third-order valence-corrected chi connectivity index (χ3v) is 6.56. The van der Waals surface area contributed by atoms with E-state index < -0.39 is 0 Å². The van der Waals surface area contributed by atoms with Crippen molar-refractivity contribution in [2.75, 3.05) is 26.3 Å². The van der Waals surface area contributed by atoms with Crippen LogP contribution in [0.3, 0.4) is 0 Å². The van der Waals surface area contributed by atoms with E-state index in [0.717, 1.165) is 65.6 Å². The van der Waals surface area contributed by atoms with Gasteiger partial charge in [0.05, 0.1) is 19.8 Å². The first kappa shape index (κ1) is 17.8. The second-order valence-corrected chi connectivity index (χ2v) is 8.34. The first-order valence-electron chi connectivity index (χ1n) is 8.66. The lowest BCUT2D eigenvalue weighted by Gasteiger charge is -2.25. The van der Waals surface area contributed by atoms with E-state index in [2.05, 4.69) is 34.3 Å². The molecule has 0 atom stereocenters. The second-order valence-electron chi connectivity index (χ2n) is 6.18. The van der Waals surface area contributed by atoms with Gasteiger partial charge in [-0.15, -0.1) is 16.4 Å². The van der Waals surface area contributed by atoms with E-state index in [1.54, 1.807) is 16.0 Å². The Hall–Kier alpha value is -1.62. The first-order valence-corrected chi connectivity index (χ1v) is 10.3. The molecule has 0 unspecified atom stereocenters. The highest BCUT2D eigenvalue weighted by Crippen LogP contribution is 2.37. The fourth-order valence-electron chi connectivity index (χ4n) is 2.91. The van der Waals surface area contributed by atoms with Crippen molar-refractivity contribution in [3.8, 4) is 0 Å². The Balaban J connectivity index is 1.73. The summed E-state index contributed by atoms with van der Waals surface area (Å²) in [5.74, 6) is 0.846. The van der Waals surface area contributed by atoms with Crippen LogP contribution in [0.25, 0.3) is 10.2 Å². The molecular weight excluding hydrogens is 370 g/mol. The summed E-state index contributed by atoms with van der Waals surface area (Å²) in [7, 11) is 0. The maximum atomic E-state index is 5.44. The average molecular weight is 392 g/mol. The number of fused-ring (bicyclic) bond motifs is 1. The number of thiophene rings is 1. The molecule has 138 valence electrons. The zero-order valence-electron chi connectivity index (χ0n) is 15.1. The number of aryl methyl sites for hydroxylation is 3. The summed E-state index contributed by atoms with van der Waals surface area (Å²) in [6, 6.07) is 0. The molecule has 1 fully saturated rings. The van der Waals surface area contributed by atoms with Gasteiger partial charge in [-0.2, -0.15) is 0 Å². The van der Waals surface area contributed by atoms with Crippen molar-refractivity contribution >= 4 is 33.3 Å². The number of morpholine rings is 1. The average Bonchev–Trinajstić information content (AvgIpc) is 3.20. The van der Waals surface area contributed by atoms with Gasteiger partial charge in [0.2, 0.25) is 5.16 Å². The SMILES string of the molecule is CCn1nnnc1Sc1nc(CN2CCOCC2)nc2sc(C)c(C)c12. The molecule has 0 radical (unpaired) electrons. The molecule has 0 N–H and O–H groups in total. The number of ether oxygens (including phenoxy) is 1. The van der Waals surface area contributed by atoms with Crippen LogP contribution in [0.4, 0.5) is 0 Å². The van der Waals surface area contributed by atoms with Crippen LogP contribution in [0, 0.1) is 13.8 Å². The van der Waals surface area contributed by atoms with Gasteiger partial charge in [0.25, 0.3) is 0 Å². The minimum absolute atomic E-state index is 0.728. The lowest BCUT2D eigenvalue weighted by molar-refractivity contribution is 0.0330. The molecule has 1 saturated heterocycles. The van der Waals surface area contributed by atoms with E-state index in [-0.39, 0.29) is 0 Å². The molecule has 1 aliphatic rings. The van der Waals surface area contributed by atoms with Gasteiger partial charge >= 0.3 is 0 Å². The van der Waals surface area contributed by atoms with Crippen LogP contribution in [0.5, 0.6) is 0 Å². The smallest absolute Gasteiger partial charge is 0.215 e. The lowest BCUT2D eigenvalue weighted by Crippen LogP contribution is -2.36. The molecule has 0 aromatic carbocycles. The molecule has 8 nitrogen and oxygen atoms in total. The maximum Gasteiger partial charge on any atom is 0.215 e. The minimum atomic E-state index is 0.728. The van der Waals surface area contributed by atoms with Crippen LogP contribution in [-0.2, 0) is 17.8 Å². The van der Waals surface area contributed by atoms with Crippen molar-refractivity contribution in [2.24, 2.45) is 0 Å². The molecule has 26 heavy (non-hydrogen) atoms. The van der Waals surface area contributed by atoms with Crippen molar-refractivity contribution < 1.29 is 4.74 Å². The monoisotopic (exact) mass is 391 g/mol. The Morgan fingerprint density at radius 1 is 1.19 bits per heavy atom. The summed E-state index contributed by atoms with van der Waals surface area (Å²) in [5, 5.41) is 14.8. The highest BCUT2D eigenvalue weighted by molar-refractivity contribution is 7.99. The third kappa shape index (κ3) is 3.46. The van der Waals surface area contributed by atoms with Gasteiger partial charge in [-0.3, -0.25) is 4.90 Å². The van der Waals surface area contributed by atoms with Crippen LogP contribution in [0.2, 0.25) is 0 Å². The van der Waals surface area contributed by atoms with Crippen molar-refractivity contribution in [1.82, 2.24) is 35.1 Å². The fraction of sp³-hybridized carbons (Fsp3) is 0.562. The van der Waals surface area contributed by atoms with Crippen molar-refractivity contribution in [2.45, 2.75) is 44.0 Å². The number of hydrogen-bond donors (Lipinski definition) is 0. The second kappa shape index (κ2) is 7.55. The molecular formula is C16H21N7OS2. The summed E-state index contributed by atoms with van der Waals surface area (Å²) >= 11 is 3.24. The van der Waals surface area contributed by atoms with Gasteiger partial charge in [0.15, 0.2) is 0 Å². The van der Waals surface area contributed by atoms with Gasteiger partial charge < -0.3 is 4.74 Å². The molecule has 0 spiro atoms. The number of aromatic nitrogens is 6. The summed E-state index contributed by atoms with van der Waals surface area (Å²) in [4.78, 5) is 14.4. The highest BCUT2D eigenvalue weighted by Gasteiger charge is 2.20. The van der Waals surface area contributed by atoms with E-state index in [4.69, 9.17) is 14.7 Å². The normalized spacial score (nSPS) is 15.8. The Morgan fingerprint density at radius 2 is 2.00 bits per heavy atom. The number of hydrogen-bond acceptors (Lipinski definition) is 9. The predicted octanol–water partition coefficient (Wildman–Crippen LogP) is 2.30. The van der Waals surface area contributed by atoms with Crippen LogP contribution in [0.1, 0.15) is 23.2 Å². The van der Waals surface area contributed by atoms with E-state index in [9.17, 15) is 0 Å². The Labute approximate surface area is 160 Å². The zero-order chi connectivity index (χ0) is 18.1. The maximum absolute atomic E-state index is 5.44. The molecule has 3 aromatic rings. The van der Waals surface area contributed by atoms with Gasteiger partial charge in [0, 0.05) is 29.9 Å². The van der Waals surface area contributed by atoms with Gasteiger partial charge in [0.1, 0.15) is 15.7 Å². The Morgan fingerprint density at radius 3 is 2.77 bits per heavy atom. The van der Waals surface area contributed by atoms with Gasteiger partial charge in [-0.1, -0.05) is 0 Å². The molecule has 0 aliphatic carbocycles. The van der Waals surface area contributed by atoms with E-state index in [1.807, 2.05) is 6.92 Å². The minimum Gasteiger partial charge on any atom is -0.379 e. The molecule has 0 bridgehead atoms. The third-order valence-electron chi connectivity index (χ3n) is 4.50. The summed E-state index contributed by atoms with van der Waals surface area (Å²) in [6.45, 7) is 11.1. The standard InChI is InChI=1S/C16H21N7OS2/c1-4-23-16(19-20-21-23)26-15-13-10(2)11(3)25-14(13)17-12(18-15)9-22-5-7-24-8-6-22/h4-9H2,1-3H3. The Kier molecular flexibility index (Phi) is 5.16. The van der Waals surface area contributed by atoms with Crippen LogP contribution >= 0.6 is 23.1 Å². The van der Waals surface area contributed by atoms with E-state index in [1.165, 1.54) is 22.2 Å². The van der Waals surface area contributed by atoms with Gasteiger partial charge in [-0.25, -0.2) is 14.6 Å². The zero-order valence-corrected chi connectivity index (χ0v) is 16.7. The van der Waals surface area contributed by atoms with Crippen LogP contribution < -0.4 is 0 Å². The van der Waals surface area contributed by atoms with Crippen molar-refractivity contribution in [3.05, 3.63) is 16.3 Å². The largest absolute Gasteiger partial charge is 0.379 e. The molecule has 10 heteroatoms. The van der Waals surface area contributed by atoms with E-state index in [0.29, 0.717) is 0 Å². The summed E-state index contributed by atoms with van der Waals surface area (Å²) < 4.78 is 7.22. The topological polar surface area (TPSA) is 81.9 Å². The first-order chi connectivity index (χ1) is 12.7. The van der Waals surface area contributed by atoms with Crippen LogP contribution in [-0.4, -0.2) is 61.4 Å². The van der Waals surface area contributed by atoms with E-state index >= 15 is 0 Å². The quantitative estimate of drug-likeness (QED) is 0.613. The van der Waals surface area contributed by atoms with Gasteiger partial charge in [-0.05, 0) is 48.5 Å². The predicted molar refractivity (Wildman–Crippen MR) is 101 cm³/mol.